The molecule has 1 atom stereocenters. The van der Waals surface area contributed by atoms with E-state index in [2.05, 4.69) is 5.32 Å². The normalized spacial score (nSPS) is 17.7. The standard InChI is InChI=1S/C18H21FN2O3S/c1-11(17(24)20-13-8-6-5-7-12(13)19)21-15(23)10-25-16(21)9-14(22)18(2,3)4/h5-9,11H,10H2,1-4H3,(H,20,24)/b16-9-/t11-/m1/s1. The average Bonchev–Trinajstić information content (AvgIpc) is 2.88. The Balaban J connectivity index is 2.20. The van der Waals surface area contributed by atoms with Crippen molar-refractivity contribution in [3.05, 3.63) is 41.2 Å². The molecule has 1 aromatic rings. The maximum absolute atomic E-state index is 13.7. The molecule has 0 spiro atoms. The van der Waals surface area contributed by atoms with Crippen LogP contribution in [-0.2, 0) is 14.4 Å². The van der Waals surface area contributed by atoms with E-state index >= 15 is 0 Å². The smallest absolute Gasteiger partial charge is 0.247 e. The van der Waals surface area contributed by atoms with E-state index in [0.29, 0.717) is 5.03 Å². The van der Waals surface area contributed by atoms with Crippen LogP contribution in [0.15, 0.2) is 35.4 Å². The number of nitrogens with zero attached hydrogens (tertiary/aromatic N) is 1. The molecule has 0 bridgehead atoms. The van der Waals surface area contributed by atoms with Crippen molar-refractivity contribution < 1.29 is 18.8 Å². The number of benzene rings is 1. The van der Waals surface area contributed by atoms with Gasteiger partial charge in [-0.2, -0.15) is 0 Å². The van der Waals surface area contributed by atoms with Crippen LogP contribution < -0.4 is 5.32 Å². The summed E-state index contributed by atoms with van der Waals surface area (Å²) in [5, 5.41) is 2.93. The molecule has 1 N–H and O–H groups in total. The third-order valence-electron chi connectivity index (χ3n) is 3.74. The number of rotatable bonds is 4. The topological polar surface area (TPSA) is 66.5 Å². The first kappa shape index (κ1) is 19.2. The number of allylic oxidation sites excluding steroid dienone is 1. The molecular formula is C18H21FN2O3S. The summed E-state index contributed by atoms with van der Waals surface area (Å²) in [5.41, 5.74) is -0.529. The quantitative estimate of drug-likeness (QED) is 0.834. The van der Waals surface area contributed by atoms with Gasteiger partial charge in [0.1, 0.15) is 11.9 Å². The lowest BCUT2D eigenvalue weighted by Gasteiger charge is -2.25. The van der Waals surface area contributed by atoms with Gasteiger partial charge in [-0.3, -0.25) is 19.3 Å². The lowest BCUT2D eigenvalue weighted by atomic mass is 9.91. The van der Waals surface area contributed by atoms with Crippen LogP contribution in [-0.4, -0.2) is 34.3 Å². The zero-order chi connectivity index (χ0) is 18.8. The monoisotopic (exact) mass is 364 g/mol. The zero-order valence-corrected chi connectivity index (χ0v) is 15.4. The third kappa shape index (κ3) is 4.48. The number of para-hydroxylation sites is 1. The first-order valence-electron chi connectivity index (χ1n) is 7.87. The molecule has 0 radical (unpaired) electrons. The molecule has 25 heavy (non-hydrogen) atoms. The summed E-state index contributed by atoms with van der Waals surface area (Å²) in [6, 6.07) is 4.95. The third-order valence-corrected chi connectivity index (χ3v) is 4.74. The Labute approximate surface area is 150 Å². The van der Waals surface area contributed by atoms with Gasteiger partial charge in [-0.05, 0) is 19.1 Å². The van der Waals surface area contributed by atoms with Crippen molar-refractivity contribution >= 4 is 35.0 Å². The molecule has 5 nitrogen and oxygen atoms in total. The number of hydrogen-bond acceptors (Lipinski definition) is 4. The zero-order valence-electron chi connectivity index (χ0n) is 14.6. The van der Waals surface area contributed by atoms with E-state index in [4.69, 9.17) is 0 Å². The SMILES string of the molecule is C[C@H](C(=O)Nc1ccccc1F)N1C(=O)CS/C1=C\C(=O)C(C)(C)C. The second kappa shape index (κ2) is 7.39. The van der Waals surface area contributed by atoms with Gasteiger partial charge < -0.3 is 5.32 Å². The van der Waals surface area contributed by atoms with Crippen molar-refractivity contribution in [3.8, 4) is 0 Å². The van der Waals surface area contributed by atoms with E-state index in [1.54, 1.807) is 33.8 Å². The summed E-state index contributed by atoms with van der Waals surface area (Å²) in [6.45, 7) is 6.90. The Morgan fingerprint density at radius 2 is 1.96 bits per heavy atom. The van der Waals surface area contributed by atoms with Gasteiger partial charge in [-0.25, -0.2) is 4.39 Å². The molecule has 1 saturated heterocycles. The number of nitrogens with one attached hydrogen (secondary N) is 1. The molecule has 1 aromatic carbocycles. The fourth-order valence-corrected chi connectivity index (χ4v) is 3.16. The minimum atomic E-state index is -0.860. The van der Waals surface area contributed by atoms with Crippen LogP contribution in [0, 0.1) is 11.2 Å². The summed E-state index contributed by atoms with van der Waals surface area (Å²) in [6.07, 6.45) is 1.41. The number of ketones is 1. The molecule has 0 saturated carbocycles. The summed E-state index contributed by atoms with van der Waals surface area (Å²) in [4.78, 5) is 38.1. The van der Waals surface area contributed by atoms with Crippen LogP contribution in [0.25, 0.3) is 0 Å². The predicted octanol–water partition coefficient (Wildman–Crippen LogP) is 3.18. The van der Waals surface area contributed by atoms with Gasteiger partial charge in [0.05, 0.1) is 16.5 Å². The van der Waals surface area contributed by atoms with Crippen LogP contribution in [0.2, 0.25) is 0 Å². The fourth-order valence-electron chi connectivity index (χ4n) is 2.16. The molecule has 2 amide bonds. The van der Waals surface area contributed by atoms with E-state index in [0.717, 1.165) is 0 Å². The molecule has 2 rings (SSSR count). The Morgan fingerprint density at radius 3 is 2.56 bits per heavy atom. The van der Waals surface area contributed by atoms with Gasteiger partial charge in [0.15, 0.2) is 5.78 Å². The molecule has 134 valence electrons. The number of halogens is 1. The van der Waals surface area contributed by atoms with E-state index in [9.17, 15) is 18.8 Å². The number of thioether (sulfide) groups is 1. The predicted molar refractivity (Wildman–Crippen MR) is 96.3 cm³/mol. The molecule has 7 heteroatoms. The Morgan fingerprint density at radius 1 is 1.32 bits per heavy atom. The summed E-state index contributed by atoms with van der Waals surface area (Å²) in [7, 11) is 0. The molecule has 1 aliphatic heterocycles. The van der Waals surface area contributed by atoms with E-state index in [-0.39, 0.29) is 23.1 Å². The van der Waals surface area contributed by atoms with Crippen LogP contribution >= 0.6 is 11.8 Å². The van der Waals surface area contributed by atoms with Crippen molar-refractivity contribution in [2.45, 2.75) is 33.7 Å². The lowest BCUT2D eigenvalue weighted by molar-refractivity contribution is -0.132. The number of amides is 2. The van der Waals surface area contributed by atoms with Gasteiger partial charge in [0, 0.05) is 11.5 Å². The van der Waals surface area contributed by atoms with Gasteiger partial charge in [0.2, 0.25) is 11.8 Å². The first-order valence-corrected chi connectivity index (χ1v) is 8.86. The van der Waals surface area contributed by atoms with Gasteiger partial charge in [-0.1, -0.05) is 44.7 Å². The first-order chi connectivity index (χ1) is 11.6. The molecule has 1 heterocycles. The van der Waals surface area contributed by atoms with Crippen LogP contribution in [0.5, 0.6) is 0 Å². The molecule has 0 aromatic heterocycles. The average molecular weight is 364 g/mol. The Bertz CT molecular complexity index is 740. The lowest BCUT2D eigenvalue weighted by Crippen LogP contribution is -2.42. The largest absolute Gasteiger partial charge is 0.322 e. The van der Waals surface area contributed by atoms with Crippen molar-refractivity contribution in [2.24, 2.45) is 5.41 Å². The van der Waals surface area contributed by atoms with Crippen molar-refractivity contribution in [1.82, 2.24) is 4.90 Å². The van der Waals surface area contributed by atoms with Crippen molar-refractivity contribution in [3.63, 3.8) is 0 Å². The van der Waals surface area contributed by atoms with Crippen molar-refractivity contribution in [2.75, 3.05) is 11.1 Å². The van der Waals surface area contributed by atoms with E-state index < -0.39 is 23.2 Å². The number of anilines is 1. The van der Waals surface area contributed by atoms with E-state index in [1.807, 2.05) is 0 Å². The Kier molecular flexibility index (Phi) is 5.67. The number of carbonyl (C=O) groups excluding carboxylic acids is 3. The number of carbonyl (C=O) groups is 3. The van der Waals surface area contributed by atoms with Crippen LogP contribution in [0.3, 0.4) is 0 Å². The Hall–Kier alpha value is -2.15. The second-order valence-electron chi connectivity index (χ2n) is 6.79. The number of hydrogen-bond donors (Lipinski definition) is 1. The molecular weight excluding hydrogens is 343 g/mol. The fraction of sp³-hybridized carbons (Fsp3) is 0.389. The highest BCUT2D eigenvalue weighted by atomic mass is 32.2. The minimum Gasteiger partial charge on any atom is -0.322 e. The molecule has 1 fully saturated rings. The highest BCUT2D eigenvalue weighted by molar-refractivity contribution is 8.04. The maximum Gasteiger partial charge on any atom is 0.247 e. The maximum atomic E-state index is 13.7. The van der Waals surface area contributed by atoms with Crippen molar-refractivity contribution in [1.29, 1.82) is 0 Å². The van der Waals surface area contributed by atoms with Crippen LogP contribution in [0.4, 0.5) is 10.1 Å². The molecule has 1 aliphatic rings. The minimum absolute atomic E-state index is 0.0509. The summed E-state index contributed by atoms with van der Waals surface area (Å²) < 4.78 is 13.7. The molecule has 0 aliphatic carbocycles. The van der Waals surface area contributed by atoms with Gasteiger partial charge in [-0.15, -0.1) is 0 Å². The highest BCUT2D eigenvalue weighted by Crippen LogP contribution is 2.32. The van der Waals surface area contributed by atoms with Gasteiger partial charge in [0.25, 0.3) is 0 Å². The summed E-state index contributed by atoms with van der Waals surface area (Å²) in [5.74, 6) is -1.29. The van der Waals surface area contributed by atoms with Gasteiger partial charge >= 0.3 is 0 Å². The highest BCUT2D eigenvalue weighted by Gasteiger charge is 2.35. The van der Waals surface area contributed by atoms with E-state index in [1.165, 1.54) is 40.9 Å². The second-order valence-corrected chi connectivity index (χ2v) is 7.79. The summed E-state index contributed by atoms with van der Waals surface area (Å²) >= 11 is 1.22. The molecule has 0 unspecified atom stereocenters. The van der Waals surface area contributed by atoms with Crippen LogP contribution in [0.1, 0.15) is 27.7 Å².